The molecule has 0 fully saturated rings. The van der Waals surface area contributed by atoms with Crippen molar-refractivity contribution >= 4 is 85.9 Å². The Kier molecular flexibility index (Phi) is 27.3. The first kappa shape index (κ1) is 61.2. The fourth-order valence-corrected chi connectivity index (χ4v) is 6.72. The number of hydrogen-bond acceptors (Lipinski definition) is 18. The number of halogens is 2. The van der Waals surface area contributed by atoms with Gasteiger partial charge < -0.3 is 30.5 Å². The molecule has 0 saturated heterocycles. The molecule has 0 bridgehead atoms. The number of unbranched alkanes of at least 4 members (excludes halogenated alkanes) is 3. The molecule has 4 N–H and O–H groups in total. The lowest BCUT2D eigenvalue weighted by molar-refractivity contribution is -0.383. The Morgan fingerprint density at radius 3 is 1.67 bits per heavy atom. The number of ether oxygens (including phenoxy) is 2. The average molecular weight is 1040 g/mol. The van der Waals surface area contributed by atoms with Gasteiger partial charge in [0.2, 0.25) is 11.0 Å². The minimum Gasteiger partial charge on any atom is -0.465 e. The van der Waals surface area contributed by atoms with Gasteiger partial charge in [-0.1, -0.05) is 88.6 Å². The second-order valence-corrected chi connectivity index (χ2v) is 16.4. The van der Waals surface area contributed by atoms with Crippen molar-refractivity contribution in [2.24, 2.45) is 0 Å². The number of aliphatic hydroxyl groups excluding tert-OH is 1. The van der Waals surface area contributed by atoms with E-state index in [-0.39, 0.29) is 51.7 Å². The minimum atomic E-state index is -0.818. The summed E-state index contributed by atoms with van der Waals surface area (Å²) in [4.78, 5) is 54.1. The second-order valence-electron chi connectivity index (χ2n) is 16.4. The highest BCUT2D eigenvalue weighted by Crippen LogP contribution is 2.44. The fourth-order valence-electron chi connectivity index (χ4n) is 6.72. The van der Waals surface area contributed by atoms with Crippen LogP contribution in [0.4, 0.5) is 27.5 Å². The first-order chi connectivity index (χ1) is 34.5. The molecule has 4 aromatic carbocycles. The molecule has 2 aromatic heterocycles. The Hall–Kier alpha value is -6.97. The van der Waals surface area contributed by atoms with Gasteiger partial charge in [-0.05, 0) is 95.5 Å². The molecule has 1 atom stereocenters. The molecule has 7 rings (SSSR count). The number of carbonyl (C=O) groups is 3. The third-order valence-electron chi connectivity index (χ3n) is 10.1. The van der Waals surface area contributed by atoms with E-state index in [9.17, 15) is 34.6 Å². The van der Waals surface area contributed by atoms with Crippen LogP contribution in [0, 0.1) is 20.2 Å². The molecular weight excluding hydrogens is 977 g/mol. The molecule has 2 heterocycles. The lowest BCUT2D eigenvalue weighted by atomic mass is 9.98. The summed E-state index contributed by atoms with van der Waals surface area (Å²) in [6.45, 7) is 14.5. The third-order valence-corrected chi connectivity index (χ3v) is 10.1. The molecule has 392 valence electrons. The van der Waals surface area contributed by atoms with Crippen LogP contribution < -0.4 is 16.0 Å². The normalized spacial score (nSPS) is 11.3. The number of ketones is 1. The number of nitro benzene ring substituents is 2. The van der Waals surface area contributed by atoms with Gasteiger partial charge in [0.05, 0.1) is 27.8 Å². The average Bonchev–Trinajstić information content (AvgIpc) is 4.14. The van der Waals surface area contributed by atoms with Crippen LogP contribution in [0.15, 0.2) is 82.1 Å². The van der Waals surface area contributed by atoms with Gasteiger partial charge in [-0.25, -0.2) is 14.1 Å². The number of hydrogen-bond donors (Lipinski definition) is 4. The molecule has 0 aliphatic heterocycles. The van der Waals surface area contributed by atoms with E-state index in [0.29, 0.717) is 36.5 Å². The lowest BCUT2D eigenvalue weighted by Gasteiger charge is -2.19. The first-order valence-electron chi connectivity index (χ1n) is 23.0. The van der Waals surface area contributed by atoms with Crippen molar-refractivity contribution in [3.8, 4) is 11.1 Å². The summed E-state index contributed by atoms with van der Waals surface area (Å²) < 4.78 is 19.5. The highest BCUT2D eigenvalue weighted by atomic mass is 35.5. The number of rotatable bonds is 17. The van der Waals surface area contributed by atoms with Crippen molar-refractivity contribution in [2.75, 3.05) is 49.7 Å². The number of alkyl carbamates (subject to hydrolysis) is 1. The van der Waals surface area contributed by atoms with E-state index in [1.807, 2.05) is 39.8 Å². The smallest absolute Gasteiger partial charge is 0.407 e. The molecule has 72 heavy (non-hydrogen) atoms. The number of benzene rings is 4. The number of aromatic nitrogens is 4. The fraction of sp³-hybridized carbons (Fsp3) is 0.449. The molecule has 1 amide bonds. The van der Waals surface area contributed by atoms with Crippen LogP contribution >= 0.6 is 23.2 Å². The number of alkyl halides is 2. The third kappa shape index (κ3) is 18.7. The number of Topliss-reactive ketones (excluding diaryl/α,β-unsaturated/α-hetero) is 1. The summed E-state index contributed by atoms with van der Waals surface area (Å²) in [6.07, 6.45) is 8.48. The van der Waals surface area contributed by atoms with E-state index in [4.69, 9.17) is 14.6 Å². The Morgan fingerprint density at radius 1 is 0.722 bits per heavy atom. The zero-order valence-corrected chi connectivity index (χ0v) is 43.5. The molecule has 6 aromatic rings. The van der Waals surface area contributed by atoms with E-state index < -0.39 is 28.1 Å². The van der Waals surface area contributed by atoms with E-state index in [1.165, 1.54) is 60.1 Å². The van der Waals surface area contributed by atoms with Crippen molar-refractivity contribution in [1.82, 2.24) is 25.9 Å². The Balaban J connectivity index is 0.000000324. The van der Waals surface area contributed by atoms with Gasteiger partial charge in [-0.15, -0.1) is 23.2 Å². The highest BCUT2D eigenvalue weighted by Gasteiger charge is 2.29. The van der Waals surface area contributed by atoms with E-state index >= 15 is 0 Å². The predicted molar refractivity (Wildman–Crippen MR) is 278 cm³/mol. The predicted octanol–water partition coefficient (Wildman–Crippen LogP) is 11.0. The van der Waals surface area contributed by atoms with Crippen molar-refractivity contribution in [3.05, 3.63) is 104 Å². The van der Waals surface area contributed by atoms with E-state index in [1.54, 1.807) is 6.07 Å². The quantitative estimate of drug-likeness (QED) is 0.0217. The largest absolute Gasteiger partial charge is 0.465 e. The number of nitro groups is 2. The van der Waals surface area contributed by atoms with Gasteiger partial charge in [0.25, 0.3) is 0 Å². The highest BCUT2D eigenvalue weighted by molar-refractivity contribution is 6.15. The standard InChI is InChI=1S/C17H16O2.C10H10N4O5.C10H12N4O3.C10H21NO2.2CH3Cl/c1-2-17(18)19-11-16-14-9-5-3-7-12(14)13-8-4-6-10-15(13)16;1-5(16)7(4-15)11-6-2-3-8(14(17)18)10-9(6)12-19-13-10;1-2-3-6-11-7-4-5-8(14(15)16)10-9(7)12-17-13-10;1-5-6-7-8-11-9(12)13-10(2,3)4;2*1-2/h3-10,16H,2,11H2,1H3;2-3,7,11,15H,4H2,1H3;4-5,11H,2-3,6H2,1H3;5-8H2,1-4H3,(H,11,12);2*1H3. The number of fused-ring (bicyclic) bond motifs is 5. The van der Waals surface area contributed by atoms with Crippen LogP contribution in [0.3, 0.4) is 0 Å². The summed E-state index contributed by atoms with van der Waals surface area (Å²) >= 11 is 9.28. The van der Waals surface area contributed by atoms with Gasteiger partial charge in [0.15, 0.2) is 16.8 Å². The molecule has 1 aliphatic carbocycles. The summed E-state index contributed by atoms with van der Waals surface area (Å²) in [6, 6.07) is 21.5. The monoisotopic (exact) mass is 1040 g/mol. The minimum absolute atomic E-state index is 0.0183. The van der Waals surface area contributed by atoms with Gasteiger partial charge in [-0.3, -0.25) is 29.8 Å². The Labute approximate surface area is 427 Å². The van der Waals surface area contributed by atoms with Crippen LogP contribution in [0.25, 0.3) is 33.2 Å². The number of anilines is 2. The molecule has 21 nitrogen and oxygen atoms in total. The van der Waals surface area contributed by atoms with Crippen molar-refractivity contribution < 1.29 is 48.1 Å². The van der Waals surface area contributed by atoms with E-state index in [2.05, 4.69) is 119 Å². The van der Waals surface area contributed by atoms with Gasteiger partial charge in [0.1, 0.15) is 18.2 Å². The Bertz CT molecular complexity index is 2590. The van der Waals surface area contributed by atoms with Gasteiger partial charge >= 0.3 is 23.4 Å². The number of esters is 1. The van der Waals surface area contributed by atoms with Crippen molar-refractivity contribution in [2.45, 2.75) is 105 Å². The van der Waals surface area contributed by atoms with Crippen LogP contribution in [0.5, 0.6) is 0 Å². The molecule has 0 radical (unpaired) electrons. The topological polar surface area (TPSA) is 290 Å². The number of amides is 1. The summed E-state index contributed by atoms with van der Waals surface area (Å²) in [5.41, 5.74) is 6.03. The molecule has 1 unspecified atom stereocenters. The van der Waals surface area contributed by atoms with Crippen LogP contribution in [0.2, 0.25) is 0 Å². The van der Waals surface area contributed by atoms with Crippen LogP contribution in [-0.4, -0.2) is 104 Å². The molecule has 0 saturated carbocycles. The van der Waals surface area contributed by atoms with Gasteiger partial charge in [0, 0.05) is 50.3 Å². The molecule has 1 aliphatic rings. The maximum atomic E-state index is 11.4. The lowest BCUT2D eigenvalue weighted by Crippen LogP contribution is -2.32. The number of carbonyl (C=O) groups excluding carboxylic acids is 3. The number of nitrogens with zero attached hydrogens (tertiary/aromatic N) is 6. The maximum absolute atomic E-state index is 11.4. The summed E-state index contributed by atoms with van der Waals surface area (Å²) in [7, 11) is 0. The van der Waals surface area contributed by atoms with E-state index in [0.717, 1.165) is 38.6 Å². The summed E-state index contributed by atoms with van der Waals surface area (Å²) in [5, 5.41) is 53.5. The number of nitrogens with one attached hydrogen (secondary N) is 3. The van der Waals surface area contributed by atoms with Crippen LogP contribution in [-0.2, 0) is 19.1 Å². The molecule has 23 heteroatoms. The second kappa shape index (κ2) is 32.1. The summed E-state index contributed by atoms with van der Waals surface area (Å²) in [5.74, 6) is -0.241. The molecule has 0 spiro atoms. The number of aliphatic hydroxyl groups is 1. The van der Waals surface area contributed by atoms with Gasteiger partial charge in [-0.2, -0.15) is 0 Å². The molecular formula is C49H65Cl2N9O12. The van der Waals surface area contributed by atoms with Crippen LogP contribution in [0.1, 0.15) is 104 Å². The SMILES string of the molecule is CC(=O)C(CO)Nc1ccc([N+](=O)[O-])c2nonc12.CCC(=O)OCC1c2ccccc2-c2ccccc21.CCCCCNC(=O)OC(C)(C)C.CCCCNc1ccc([N+](=O)[O-])c2nonc12.CCl.CCl. The zero-order valence-electron chi connectivity index (χ0n) is 42.0. The zero-order chi connectivity index (χ0) is 53.8. The maximum Gasteiger partial charge on any atom is 0.407 e. The van der Waals surface area contributed by atoms with Crippen molar-refractivity contribution in [3.63, 3.8) is 0 Å². The Morgan fingerprint density at radius 2 is 1.21 bits per heavy atom. The van der Waals surface area contributed by atoms with Crippen molar-refractivity contribution in [1.29, 1.82) is 0 Å². The first-order valence-corrected chi connectivity index (χ1v) is 24.5. The number of non-ortho nitro benzene ring substituents is 2.